The average Bonchev–Trinajstić information content (AvgIpc) is 3.13. The lowest BCUT2D eigenvalue weighted by Crippen LogP contribution is -2.30. The number of benzene rings is 3. The van der Waals surface area contributed by atoms with Gasteiger partial charge in [0.2, 0.25) is 5.91 Å². The molecule has 0 radical (unpaired) electrons. The first-order valence-electron chi connectivity index (χ1n) is 10.4. The quantitative estimate of drug-likeness (QED) is 0.400. The molecule has 3 aromatic rings. The van der Waals surface area contributed by atoms with Crippen molar-refractivity contribution in [2.75, 3.05) is 10.2 Å². The normalized spacial score (nSPS) is 16.8. The fraction of sp³-hybridized carbons (Fsp3) is 0.115. The maximum atomic E-state index is 13.5. The molecule has 1 aliphatic rings. The van der Waals surface area contributed by atoms with Gasteiger partial charge in [-0.25, -0.2) is 8.78 Å². The van der Waals surface area contributed by atoms with E-state index < -0.39 is 22.8 Å². The van der Waals surface area contributed by atoms with Crippen molar-refractivity contribution in [1.29, 1.82) is 5.26 Å². The highest BCUT2D eigenvalue weighted by Gasteiger charge is 2.40. The molecule has 3 aromatic carbocycles. The molecule has 0 spiro atoms. The lowest BCUT2D eigenvalue weighted by atomic mass is 10.1. The van der Waals surface area contributed by atoms with E-state index in [0.29, 0.717) is 17.8 Å². The Labute approximate surface area is 199 Å². The van der Waals surface area contributed by atoms with Gasteiger partial charge in [-0.1, -0.05) is 41.6 Å². The van der Waals surface area contributed by atoms with Crippen molar-refractivity contribution >= 4 is 35.0 Å². The number of hydrogen-bond acceptors (Lipinski definition) is 4. The number of thioether (sulfide) groups is 1. The second-order valence-electron chi connectivity index (χ2n) is 7.70. The van der Waals surface area contributed by atoms with E-state index in [2.05, 4.69) is 5.32 Å². The first-order chi connectivity index (χ1) is 16.4. The van der Waals surface area contributed by atoms with Crippen molar-refractivity contribution in [2.45, 2.75) is 18.6 Å². The molecule has 1 N–H and O–H groups in total. The Kier molecular flexibility index (Phi) is 6.75. The van der Waals surface area contributed by atoms with Crippen LogP contribution < -0.4 is 10.2 Å². The zero-order chi connectivity index (χ0) is 24.2. The number of carbonyl (C=O) groups is 2. The van der Waals surface area contributed by atoms with Gasteiger partial charge in [0.15, 0.2) is 0 Å². The van der Waals surface area contributed by atoms with Crippen molar-refractivity contribution in [3.05, 3.63) is 106 Å². The second-order valence-corrected chi connectivity index (χ2v) is 8.89. The number of nitrogens with one attached hydrogen (secondary N) is 1. The number of halogens is 2. The molecule has 0 saturated carbocycles. The van der Waals surface area contributed by atoms with E-state index in [9.17, 15) is 23.6 Å². The fourth-order valence-corrected chi connectivity index (χ4v) is 4.79. The van der Waals surface area contributed by atoms with Gasteiger partial charge in [-0.05, 0) is 67.4 Å². The lowest BCUT2D eigenvalue weighted by molar-refractivity contribution is -0.117. The van der Waals surface area contributed by atoms with Gasteiger partial charge in [0.25, 0.3) is 5.91 Å². The number of hydrogen-bond donors (Lipinski definition) is 1. The van der Waals surface area contributed by atoms with Gasteiger partial charge in [0.05, 0.1) is 5.25 Å². The van der Waals surface area contributed by atoms with E-state index in [1.165, 1.54) is 53.4 Å². The van der Waals surface area contributed by atoms with E-state index in [4.69, 9.17) is 0 Å². The van der Waals surface area contributed by atoms with Crippen LogP contribution >= 0.6 is 11.8 Å². The molecule has 1 atom stereocenters. The smallest absolute Gasteiger partial charge is 0.269 e. The van der Waals surface area contributed by atoms with Crippen LogP contribution in [-0.4, -0.2) is 17.1 Å². The second kappa shape index (κ2) is 9.89. The highest BCUT2D eigenvalue weighted by atomic mass is 32.2. The van der Waals surface area contributed by atoms with E-state index >= 15 is 0 Å². The van der Waals surface area contributed by atoms with Crippen LogP contribution in [0.15, 0.2) is 83.4 Å². The summed E-state index contributed by atoms with van der Waals surface area (Å²) in [6.07, 6.45) is 0.392. The largest absolute Gasteiger partial charge is 0.321 e. The predicted octanol–water partition coefficient (Wildman–Crippen LogP) is 5.34. The first kappa shape index (κ1) is 23.2. The van der Waals surface area contributed by atoms with Gasteiger partial charge in [-0.3, -0.25) is 14.5 Å². The van der Waals surface area contributed by atoms with E-state index in [0.717, 1.165) is 22.9 Å². The number of carbonyl (C=O) groups excluding carboxylic acids is 2. The van der Waals surface area contributed by atoms with Gasteiger partial charge in [0, 0.05) is 11.4 Å². The van der Waals surface area contributed by atoms with E-state index in [1.807, 2.05) is 37.3 Å². The van der Waals surface area contributed by atoms with Crippen LogP contribution in [0.5, 0.6) is 0 Å². The third kappa shape index (κ3) is 5.00. The van der Waals surface area contributed by atoms with Crippen molar-refractivity contribution in [2.24, 2.45) is 0 Å². The third-order valence-corrected chi connectivity index (χ3v) is 6.50. The molecule has 0 aliphatic carbocycles. The Morgan fingerprint density at radius 1 is 1.00 bits per heavy atom. The molecule has 1 heterocycles. The maximum absolute atomic E-state index is 13.5. The molecule has 1 fully saturated rings. The van der Waals surface area contributed by atoms with Gasteiger partial charge in [0.1, 0.15) is 28.3 Å². The predicted molar refractivity (Wildman–Crippen MR) is 128 cm³/mol. The van der Waals surface area contributed by atoms with Gasteiger partial charge in [-0.2, -0.15) is 5.26 Å². The summed E-state index contributed by atoms with van der Waals surface area (Å²) < 4.78 is 26.7. The summed E-state index contributed by atoms with van der Waals surface area (Å²) in [4.78, 5) is 27.6. The minimum Gasteiger partial charge on any atom is -0.321 e. The molecule has 0 aromatic heterocycles. The number of rotatable bonds is 5. The standard InChI is InChI=1S/C26H19F2N3O2S/c1-16-2-4-17(5-3-16)14-23-25(33)31(21-12-8-19(28)9-13-21)26(34-23)22(15-29)24(32)30-20-10-6-18(27)7-11-20/h2-13,23H,14H2,1H3,(H,30,32)/b26-22+. The van der Waals surface area contributed by atoms with Crippen LogP contribution in [0.25, 0.3) is 0 Å². The molecule has 8 heteroatoms. The Balaban J connectivity index is 1.71. The van der Waals surface area contributed by atoms with Crippen molar-refractivity contribution in [1.82, 2.24) is 0 Å². The summed E-state index contributed by atoms with van der Waals surface area (Å²) in [5, 5.41) is 12.0. The van der Waals surface area contributed by atoms with Crippen LogP contribution in [0.3, 0.4) is 0 Å². The zero-order valence-electron chi connectivity index (χ0n) is 18.1. The summed E-state index contributed by atoms with van der Waals surface area (Å²) in [7, 11) is 0. The fourth-order valence-electron chi connectivity index (χ4n) is 3.48. The van der Waals surface area contributed by atoms with Crippen LogP contribution in [0.1, 0.15) is 11.1 Å². The number of nitriles is 1. The van der Waals surface area contributed by atoms with Gasteiger partial charge < -0.3 is 5.32 Å². The summed E-state index contributed by atoms with van der Waals surface area (Å²) in [6.45, 7) is 1.97. The van der Waals surface area contributed by atoms with Gasteiger partial charge >= 0.3 is 0 Å². The average molecular weight is 476 g/mol. The molecule has 1 saturated heterocycles. The molecule has 1 aliphatic heterocycles. The molecule has 0 bridgehead atoms. The summed E-state index contributed by atoms with van der Waals surface area (Å²) >= 11 is 1.12. The molecule has 5 nitrogen and oxygen atoms in total. The Morgan fingerprint density at radius 2 is 1.59 bits per heavy atom. The number of nitrogens with zero attached hydrogens (tertiary/aromatic N) is 2. The number of amides is 2. The Bertz CT molecular complexity index is 1300. The first-order valence-corrected chi connectivity index (χ1v) is 11.3. The lowest BCUT2D eigenvalue weighted by Gasteiger charge is -2.18. The highest BCUT2D eigenvalue weighted by molar-refractivity contribution is 8.05. The summed E-state index contributed by atoms with van der Waals surface area (Å²) in [5.41, 5.74) is 2.41. The number of aryl methyl sites for hydroxylation is 1. The third-order valence-electron chi connectivity index (χ3n) is 5.23. The minimum atomic E-state index is -0.729. The molecule has 2 amide bonds. The van der Waals surface area contributed by atoms with Crippen molar-refractivity contribution in [3.8, 4) is 6.07 Å². The topological polar surface area (TPSA) is 73.2 Å². The molecular formula is C26H19F2N3O2S. The monoisotopic (exact) mass is 475 g/mol. The molecule has 1 unspecified atom stereocenters. The van der Waals surface area contributed by atoms with Crippen molar-refractivity contribution < 1.29 is 18.4 Å². The number of anilines is 2. The molecule has 34 heavy (non-hydrogen) atoms. The SMILES string of the molecule is Cc1ccc(CC2S/C(=C(\C#N)C(=O)Nc3ccc(F)cc3)N(c3ccc(F)cc3)C2=O)cc1. The molecule has 4 rings (SSSR count). The summed E-state index contributed by atoms with van der Waals surface area (Å²) in [6, 6.07) is 20.1. The van der Waals surface area contributed by atoms with Crippen LogP contribution in [0.2, 0.25) is 0 Å². The van der Waals surface area contributed by atoms with E-state index in [-0.39, 0.29) is 16.5 Å². The van der Waals surface area contributed by atoms with Crippen LogP contribution in [0, 0.1) is 29.9 Å². The zero-order valence-corrected chi connectivity index (χ0v) is 18.9. The molecular weight excluding hydrogens is 456 g/mol. The van der Waals surface area contributed by atoms with Gasteiger partial charge in [-0.15, -0.1) is 0 Å². The minimum absolute atomic E-state index is 0.163. The Hall–Kier alpha value is -3.96. The summed E-state index contributed by atoms with van der Waals surface area (Å²) in [5.74, 6) is -1.98. The van der Waals surface area contributed by atoms with E-state index in [1.54, 1.807) is 0 Å². The van der Waals surface area contributed by atoms with Crippen molar-refractivity contribution in [3.63, 3.8) is 0 Å². The highest BCUT2D eigenvalue weighted by Crippen LogP contribution is 2.42. The maximum Gasteiger partial charge on any atom is 0.269 e. The van der Waals surface area contributed by atoms with Crippen LogP contribution in [0.4, 0.5) is 20.2 Å². The van der Waals surface area contributed by atoms with Crippen LogP contribution in [-0.2, 0) is 16.0 Å². The Morgan fingerprint density at radius 3 is 2.18 bits per heavy atom. The molecule has 170 valence electrons.